The third-order valence-corrected chi connectivity index (χ3v) is 5.42. The fourth-order valence-electron chi connectivity index (χ4n) is 3.78. The molecule has 1 saturated heterocycles. The SMILES string of the molecule is CN=C(NCc1ccccc1CN1CCCCC1)N(C)Cc1cccn1C. The van der Waals surface area contributed by atoms with Gasteiger partial charge < -0.3 is 14.8 Å². The highest BCUT2D eigenvalue weighted by Gasteiger charge is 2.13. The summed E-state index contributed by atoms with van der Waals surface area (Å²) in [6.07, 6.45) is 6.12. The predicted molar refractivity (Wildman–Crippen MR) is 113 cm³/mol. The van der Waals surface area contributed by atoms with Crippen LogP contribution in [0.2, 0.25) is 0 Å². The summed E-state index contributed by atoms with van der Waals surface area (Å²) >= 11 is 0. The second-order valence-electron chi connectivity index (χ2n) is 7.47. The Morgan fingerprint density at radius 2 is 1.81 bits per heavy atom. The molecule has 1 aliphatic heterocycles. The van der Waals surface area contributed by atoms with Gasteiger partial charge in [0.15, 0.2) is 5.96 Å². The molecule has 1 aromatic heterocycles. The van der Waals surface area contributed by atoms with Crippen LogP contribution in [0.25, 0.3) is 0 Å². The summed E-state index contributed by atoms with van der Waals surface area (Å²) in [4.78, 5) is 9.22. The number of benzene rings is 1. The van der Waals surface area contributed by atoms with E-state index in [1.54, 1.807) is 0 Å². The van der Waals surface area contributed by atoms with Gasteiger partial charge >= 0.3 is 0 Å². The van der Waals surface area contributed by atoms with Crippen LogP contribution in [0, 0.1) is 0 Å². The molecule has 0 atom stereocenters. The third kappa shape index (κ3) is 5.36. The van der Waals surface area contributed by atoms with Crippen molar-refractivity contribution in [1.82, 2.24) is 19.7 Å². The fourth-order valence-corrected chi connectivity index (χ4v) is 3.78. The van der Waals surface area contributed by atoms with Crippen LogP contribution in [0.1, 0.15) is 36.1 Å². The van der Waals surface area contributed by atoms with Crippen LogP contribution in [-0.2, 0) is 26.7 Å². The zero-order valence-corrected chi connectivity index (χ0v) is 17.0. The molecule has 2 aromatic rings. The van der Waals surface area contributed by atoms with Crippen molar-refractivity contribution in [3.8, 4) is 0 Å². The Morgan fingerprint density at radius 1 is 1.07 bits per heavy atom. The molecule has 1 fully saturated rings. The number of aromatic nitrogens is 1. The molecular weight excluding hydrogens is 334 g/mol. The lowest BCUT2D eigenvalue weighted by Crippen LogP contribution is -2.38. The average molecular weight is 368 g/mol. The van der Waals surface area contributed by atoms with Gasteiger partial charge in [-0.2, -0.15) is 0 Å². The topological polar surface area (TPSA) is 35.8 Å². The summed E-state index contributed by atoms with van der Waals surface area (Å²) in [7, 11) is 6.02. The van der Waals surface area contributed by atoms with E-state index in [4.69, 9.17) is 0 Å². The van der Waals surface area contributed by atoms with E-state index in [1.807, 2.05) is 7.05 Å². The lowest BCUT2D eigenvalue weighted by atomic mass is 10.0. The molecule has 0 aliphatic carbocycles. The van der Waals surface area contributed by atoms with Crippen molar-refractivity contribution in [2.75, 3.05) is 27.2 Å². The van der Waals surface area contributed by atoms with Crippen LogP contribution in [0.3, 0.4) is 0 Å². The van der Waals surface area contributed by atoms with E-state index in [0.29, 0.717) is 0 Å². The van der Waals surface area contributed by atoms with Crippen molar-refractivity contribution >= 4 is 5.96 Å². The van der Waals surface area contributed by atoms with E-state index in [1.165, 1.54) is 49.2 Å². The normalized spacial score (nSPS) is 15.7. The highest BCUT2D eigenvalue weighted by atomic mass is 15.3. The first-order valence-corrected chi connectivity index (χ1v) is 9.98. The molecule has 1 aromatic carbocycles. The van der Waals surface area contributed by atoms with Crippen molar-refractivity contribution in [2.45, 2.75) is 38.9 Å². The molecule has 0 amide bonds. The van der Waals surface area contributed by atoms with Crippen LogP contribution in [0.15, 0.2) is 47.6 Å². The summed E-state index contributed by atoms with van der Waals surface area (Å²) in [5, 5.41) is 3.54. The summed E-state index contributed by atoms with van der Waals surface area (Å²) in [5.74, 6) is 0.920. The van der Waals surface area contributed by atoms with Gasteiger partial charge in [-0.25, -0.2) is 0 Å². The van der Waals surface area contributed by atoms with Gasteiger partial charge in [-0.15, -0.1) is 0 Å². The van der Waals surface area contributed by atoms with Crippen molar-refractivity contribution in [3.63, 3.8) is 0 Å². The van der Waals surface area contributed by atoms with Crippen LogP contribution in [-0.4, -0.2) is 47.5 Å². The zero-order chi connectivity index (χ0) is 19.1. The first-order valence-electron chi connectivity index (χ1n) is 9.98. The highest BCUT2D eigenvalue weighted by molar-refractivity contribution is 5.79. The van der Waals surface area contributed by atoms with Crippen LogP contribution in [0.4, 0.5) is 0 Å². The smallest absolute Gasteiger partial charge is 0.194 e. The Hall–Kier alpha value is -2.27. The molecule has 1 aliphatic rings. The number of rotatable bonds is 6. The van der Waals surface area contributed by atoms with Gasteiger partial charge in [-0.1, -0.05) is 30.7 Å². The van der Waals surface area contributed by atoms with Crippen molar-refractivity contribution < 1.29 is 0 Å². The molecule has 3 rings (SSSR count). The Kier molecular flexibility index (Phi) is 6.93. The van der Waals surface area contributed by atoms with Gasteiger partial charge in [0, 0.05) is 46.1 Å². The lowest BCUT2D eigenvalue weighted by molar-refractivity contribution is 0.220. The Bertz CT molecular complexity index is 743. The van der Waals surface area contributed by atoms with Gasteiger partial charge in [0.25, 0.3) is 0 Å². The molecule has 1 N–H and O–H groups in total. The number of hydrogen-bond donors (Lipinski definition) is 1. The van der Waals surface area contributed by atoms with Crippen molar-refractivity contribution in [3.05, 3.63) is 59.4 Å². The number of hydrogen-bond acceptors (Lipinski definition) is 2. The number of nitrogens with one attached hydrogen (secondary N) is 1. The van der Waals surface area contributed by atoms with Crippen LogP contribution in [0.5, 0.6) is 0 Å². The summed E-state index contributed by atoms with van der Waals surface area (Å²) in [5.41, 5.74) is 4.05. The van der Waals surface area contributed by atoms with Gasteiger partial charge in [0.2, 0.25) is 0 Å². The third-order valence-electron chi connectivity index (χ3n) is 5.42. The summed E-state index contributed by atoms with van der Waals surface area (Å²) in [6, 6.07) is 13.0. The van der Waals surface area contributed by atoms with E-state index >= 15 is 0 Å². The van der Waals surface area contributed by atoms with Gasteiger partial charge in [0.05, 0.1) is 6.54 Å². The Morgan fingerprint density at radius 3 is 2.48 bits per heavy atom. The van der Waals surface area contributed by atoms with E-state index in [-0.39, 0.29) is 0 Å². The monoisotopic (exact) mass is 367 g/mol. The number of nitrogens with zero attached hydrogens (tertiary/aromatic N) is 4. The lowest BCUT2D eigenvalue weighted by Gasteiger charge is -2.27. The fraction of sp³-hybridized carbons (Fsp3) is 0.500. The summed E-state index contributed by atoms with van der Waals surface area (Å²) in [6.45, 7) is 5.13. The predicted octanol–water partition coefficient (Wildman–Crippen LogP) is 3.22. The largest absolute Gasteiger partial charge is 0.353 e. The Labute approximate surface area is 163 Å². The van der Waals surface area contributed by atoms with Crippen molar-refractivity contribution in [1.29, 1.82) is 0 Å². The molecule has 5 heteroatoms. The number of likely N-dealkylation sites (tertiary alicyclic amines) is 1. The average Bonchev–Trinajstić information content (AvgIpc) is 3.09. The minimum atomic E-state index is 0.800. The highest BCUT2D eigenvalue weighted by Crippen LogP contribution is 2.16. The Balaban J connectivity index is 1.60. The number of aliphatic imine (C=N–C) groups is 1. The quantitative estimate of drug-likeness (QED) is 0.629. The second kappa shape index (κ2) is 9.60. The molecule has 27 heavy (non-hydrogen) atoms. The molecule has 2 heterocycles. The molecule has 0 saturated carbocycles. The minimum absolute atomic E-state index is 0.800. The molecule has 0 radical (unpaired) electrons. The number of guanidine groups is 1. The zero-order valence-electron chi connectivity index (χ0n) is 17.0. The number of piperidine rings is 1. The minimum Gasteiger partial charge on any atom is -0.353 e. The first kappa shape index (κ1) is 19.5. The van der Waals surface area contributed by atoms with Crippen LogP contribution >= 0.6 is 0 Å². The van der Waals surface area contributed by atoms with Gasteiger partial charge in [-0.05, 0) is 49.2 Å². The number of aryl methyl sites for hydroxylation is 1. The molecule has 146 valence electrons. The first-order chi connectivity index (χ1) is 13.2. The standard InChI is InChI=1S/C22H33N5/c1-23-22(26(3)18-21-12-9-13-25(21)2)24-16-19-10-5-6-11-20(19)17-27-14-7-4-8-15-27/h5-6,9-13H,4,7-8,14-18H2,1-3H3,(H,23,24). The maximum Gasteiger partial charge on any atom is 0.194 e. The molecule has 0 unspecified atom stereocenters. The van der Waals surface area contributed by atoms with E-state index in [9.17, 15) is 0 Å². The van der Waals surface area contributed by atoms with E-state index in [0.717, 1.165) is 25.6 Å². The summed E-state index contributed by atoms with van der Waals surface area (Å²) < 4.78 is 2.15. The van der Waals surface area contributed by atoms with Gasteiger partial charge in [-0.3, -0.25) is 9.89 Å². The molecular formula is C22H33N5. The second-order valence-corrected chi connectivity index (χ2v) is 7.47. The molecule has 5 nitrogen and oxygen atoms in total. The van der Waals surface area contributed by atoms with E-state index in [2.05, 4.69) is 81.4 Å². The van der Waals surface area contributed by atoms with Crippen molar-refractivity contribution in [2.24, 2.45) is 12.0 Å². The molecule has 0 spiro atoms. The maximum absolute atomic E-state index is 4.47. The van der Waals surface area contributed by atoms with E-state index < -0.39 is 0 Å². The molecule has 0 bridgehead atoms. The van der Waals surface area contributed by atoms with Gasteiger partial charge in [0.1, 0.15) is 0 Å². The maximum atomic E-state index is 4.47. The van der Waals surface area contributed by atoms with Crippen LogP contribution < -0.4 is 5.32 Å².